The van der Waals surface area contributed by atoms with Crippen molar-refractivity contribution in [2.75, 3.05) is 6.54 Å². The first-order valence-electron chi connectivity index (χ1n) is 5.31. The number of nitrogens with two attached hydrogens (primary N) is 1. The van der Waals surface area contributed by atoms with Crippen LogP contribution in [0.3, 0.4) is 0 Å². The van der Waals surface area contributed by atoms with Gasteiger partial charge in [0.05, 0.1) is 5.56 Å². The molecule has 1 aromatic rings. The summed E-state index contributed by atoms with van der Waals surface area (Å²) < 4.78 is 13.0. The van der Waals surface area contributed by atoms with Crippen LogP contribution < -0.4 is 11.1 Å². The summed E-state index contributed by atoms with van der Waals surface area (Å²) in [7, 11) is 0. The zero-order valence-corrected chi connectivity index (χ0v) is 9.37. The van der Waals surface area contributed by atoms with Gasteiger partial charge in [-0.05, 0) is 30.7 Å². The molecule has 0 saturated carbocycles. The summed E-state index contributed by atoms with van der Waals surface area (Å²) in [4.78, 5) is 10.5. The number of amides is 1. The molecule has 5 heteroatoms. The standard InChI is InChI=1S/C12H14FN3O/c13-11-4-3-9(6-10(11)7-14)8-16-5-1-2-12(15)17/h3-4,6,16H,1-2,5,8H2,(H2,15,17). The molecule has 0 atom stereocenters. The highest BCUT2D eigenvalue weighted by Crippen LogP contribution is 2.09. The zero-order chi connectivity index (χ0) is 12.7. The van der Waals surface area contributed by atoms with Gasteiger partial charge in [0.1, 0.15) is 11.9 Å². The SMILES string of the molecule is N#Cc1cc(CNCCCC(N)=O)ccc1F. The lowest BCUT2D eigenvalue weighted by atomic mass is 10.1. The molecule has 1 rings (SSSR count). The first-order chi connectivity index (χ1) is 8.13. The van der Waals surface area contributed by atoms with Gasteiger partial charge in [0, 0.05) is 13.0 Å². The molecule has 1 aromatic carbocycles. The molecule has 0 aliphatic rings. The lowest BCUT2D eigenvalue weighted by Crippen LogP contribution is -2.18. The van der Waals surface area contributed by atoms with Crippen LogP contribution in [0.2, 0.25) is 0 Å². The van der Waals surface area contributed by atoms with E-state index in [0.717, 1.165) is 5.56 Å². The van der Waals surface area contributed by atoms with Crippen LogP contribution in [0.1, 0.15) is 24.0 Å². The third kappa shape index (κ3) is 4.62. The molecule has 0 aliphatic heterocycles. The maximum Gasteiger partial charge on any atom is 0.217 e. The topological polar surface area (TPSA) is 78.9 Å². The molecule has 4 nitrogen and oxygen atoms in total. The van der Waals surface area contributed by atoms with Gasteiger partial charge in [-0.15, -0.1) is 0 Å². The Balaban J connectivity index is 2.37. The Morgan fingerprint density at radius 1 is 1.53 bits per heavy atom. The van der Waals surface area contributed by atoms with E-state index in [1.54, 1.807) is 12.1 Å². The van der Waals surface area contributed by atoms with Gasteiger partial charge in [0.15, 0.2) is 0 Å². The number of hydrogen-bond acceptors (Lipinski definition) is 3. The molecule has 0 aliphatic carbocycles. The van der Waals surface area contributed by atoms with Crippen molar-refractivity contribution < 1.29 is 9.18 Å². The van der Waals surface area contributed by atoms with Gasteiger partial charge in [-0.3, -0.25) is 4.79 Å². The number of carbonyl (C=O) groups is 1. The van der Waals surface area contributed by atoms with E-state index in [1.165, 1.54) is 12.1 Å². The minimum absolute atomic E-state index is 0.0430. The zero-order valence-electron chi connectivity index (χ0n) is 9.37. The summed E-state index contributed by atoms with van der Waals surface area (Å²) >= 11 is 0. The lowest BCUT2D eigenvalue weighted by molar-refractivity contribution is -0.118. The van der Waals surface area contributed by atoms with Crippen molar-refractivity contribution in [2.24, 2.45) is 5.73 Å². The summed E-state index contributed by atoms with van der Waals surface area (Å²) in [6, 6.07) is 6.20. The Hall–Kier alpha value is -1.93. The third-order valence-corrected chi connectivity index (χ3v) is 2.26. The number of rotatable bonds is 6. The number of carbonyl (C=O) groups excluding carboxylic acids is 1. The van der Waals surface area contributed by atoms with Crippen LogP contribution in [-0.4, -0.2) is 12.5 Å². The highest BCUT2D eigenvalue weighted by Gasteiger charge is 2.02. The molecule has 0 fully saturated rings. The maximum absolute atomic E-state index is 13.0. The monoisotopic (exact) mass is 235 g/mol. The van der Waals surface area contributed by atoms with Crippen molar-refractivity contribution in [1.29, 1.82) is 5.26 Å². The van der Waals surface area contributed by atoms with E-state index in [4.69, 9.17) is 11.0 Å². The summed E-state index contributed by atoms with van der Waals surface area (Å²) in [5.74, 6) is -0.828. The normalized spacial score (nSPS) is 9.88. The Kier molecular flexibility index (Phi) is 5.11. The molecule has 0 aromatic heterocycles. The van der Waals surface area contributed by atoms with Gasteiger partial charge < -0.3 is 11.1 Å². The molecule has 0 heterocycles. The van der Waals surface area contributed by atoms with E-state index >= 15 is 0 Å². The Labute approximate surface area is 99.2 Å². The first-order valence-corrected chi connectivity index (χ1v) is 5.31. The van der Waals surface area contributed by atoms with Crippen LogP contribution in [0.25, 0.3) is 0 Å². The molecule has 0 unspecified atom stereocenters. The average Bonchev–Trinajstić information content (AvgIpc) is 2.30. The van der Waals surface area contributed by atoms with Crippen LogP contribution in [0.5, 0.6) is 0 Å². The molecule has 3 N–H and O–H groups in total. The van der Waals surface area contributed by atoms with Gasteiger partial charge in [-0.1, -0.05) is 6.07 Å². The summed E-state index contributed by atoms with van der Waals surface area (Å²) in [6.07, 6.45) is 1.02. The molecular weight excluding hydrogens is 221 g/mol. The second-order valence-corrected chi connectivity index (χ2v) is 3.67. The van der Waals surface area contributed by atoms with Crippen molar-refractivity contribution in [3.63, 3.8) is 0 Å². The second-order valence-electron chi connectivity index (χ2n) is 3.67. The average molecular weight is 235 g/mol. The van der Waals surface area contributed by atoms with Crippen molar-refractivity contribution >= 4 is 5.91 Å². The van der Waals surface area contributed by atoms with Crippen LogP contribution in [-0.2, 0) is 11.3 Å². The Morgan fingerprint density at radius 2 is 2.29 bits per heavy atom. The van der Waals surface area contributed by atoms with Crippen molar-refractivity contribution in [3.05, 3.63) is 35.1 Å². The molecule has 0 bridgehead atoms. The molecule has 17 heavy (non-hydrogen) atoms. The summed E-state index contributed by atoms with van der Waals surface area (Å²) in [6.45, 7) is 1.19. The minimum Gasteiger partial charge on any atom is -0.370 e. The molecule has 0 radical (unpaired) electrons. The van der Waals surface area contributed by atoms with E-state index in [0.29, 0.717) is 25.9 Å². The van der Waals surface area contributed by atoms with Crippen molar-refractivity contribution in [1.82, 2.24) is 5.32 Å². The van der Waals surface area contributed by atoms with Crippen LogP contribution >= 0.6 is 0 Å². The fraction of sp³-hybridized carbons (Fsp3) is 0.333. The largest absolute Gasteiger partial charge is 0.370 e. The molecular formula is C12H14FN3O. The van der Waals surface area contributed by atoms with E-state index in [-0.39, 0.29) is 11.5 Å². The molecule has 90 valence electrons. The minimum atomic E-state index is -0.509. The van der Waals surface area contributed by atoms with Gasteiger partial charge in [0.2, 0.25) is 5.91 Å². The maximum atomic E-state index is 13.0. The summed E-state index contributed by atoms with van der Waals surface area (Å²) in [5.41, 5.74) is 5.87. The van der Waals surface area contributed by atoms with Crippen LogP contribution in [0.4, 0.5) is 4.39 Å². The third-order valence-electron chi connectivity index (χ3n) is 2.26. The second kappa shape index (κ2) is 6.61. The summed E-state index contributed by atoms with van der Waals surface area (Å²) in [5, 5.41) is 11.7. The lowest BCUT2D eigenvalue weighted by Gasteiger charge is -2.04. The fourth-order valence-electron chi connectivity index (χ4n) is 1.39. The quantitative estimate of drug-likeness (QED) is 0.723. The Bertz CT molecular complexity index is 440. The molecule has 0 spiro atoms. The first kappa shape index (κ1) is 13.1. The van der Waals surface area contributed by atoms with Gasteiger partial charge >= 0.3 is 0 Å². The highest BCUT2D eigenvalue weighted by atomic mass is 19.1. The van der Waals surface area contributed by atoms with Gasteiger partial charge in [-0.25, -0.2) is 4.39 Å². The van der Waals surface area contributed by atoms with Gasteiger partial charge in [-0.2, -0.15) is 5.26 Å². The molecule has 1 amide bonds. The van der Waals surface area contributed by atoms with Crippen LogP contribution in [0.15, 0.2) is 18.2 Å². The number of nitrogens with one attached hydrogen (secondary N) is 1. The predicted octanol–water partition coefficient (Wildman–Crippen LogP) is 1.05. The number of primary amides is 1. The fourth-order valence-corrected chi connectivity index (χ4v) is 1.39. The van der Waals surface area contributed by atoms with Crippen molar-refractivity contribution in [2.45, 2.75) is 19.4 Å². The van der Waals surface area contributed by atoms with Gasteiger partial charge in [0.25, 0.3) is 0 Å². The highest BCUT2D eigenvalue weighted by molar-refractivity contribution is 5.73. The Morgan fingerprint density at radius 3 is 2.94 bits per heavy atom. The van der Waals surface area contributed by atoms with Crippen LogP contribution in [0, 0.1) is 17.1 Å². The molecule has 0 saturated heterocycles. The number of nitrogens with zero attached hydrogens (tertiary/aromatic N) is 1. The van der Waals surface area contributed by atoms with E-state index < -0.39 is 5.82 Å². The van der Waals surface area contributed by atoms with E-state index in [1.807, 2.05) is 0 Å². The predicted molar refractivity (Wildman–Crippen MR) is 61.3 cm³/mol. The van der Waals surface area contributed by atoms with E-state index in [9.17, 15) is 9.18 Å². The van der Waals surface area contributed by atoms with Crippen molar-refractivity contribution in [3.8, 4) is 6.07 Å². The number of benzene rings is 1. The smallest absolute Gasteiger partial charge is 0.217 e. The van der Waals surface area contributed by atoms with E-state index in [2.05, 4.69) is 5.32 Å². The number of halogens is 1. The number of nitriles is 1. The number of hydrogen-bond donors (Lipinski definition) is 2.